The average molecular weight is 226 g/mol. The molecule has 0 radical (unpaired) electrons. The van der Waals surface area contributed by atoms with E-state index in [4.69, 9.17) is 22.7 Å². The third kappa shape index (κ3) is 1.60. The molecule has 0 aliphatic heterocycles. The number of rotatable bonds is 1. The number of H-pyrrole nitrogens is 1. The zero-order chi connectivity index (χ0) is 11.5. The summed E-state index contributed by atoms with van der Waals surface area (Å²) in [6, 6.07) is 8.96. The summed E-state index contributed by atoms with van der Waals surface area (Å²) in [5, 5.41) is 17.7. The Labute approximate surface area is 97.0 Å². The van der Waals surface area contributed by atoms with E-state index in [2.05, 4.69) is 4.98 Å². The highest BCUT2D eigenvalue weighted by Crippen LogP contribution is 2.14. The zero-order valence-corrected chi connectivity index (χ0v) is 8.95. The number of nitriles is 2. The van der Waals surface area contributed by atoms with Gasteiger partial charge in [-0.15, -0.1) is 0 Å². The second kappa shape index (κ2) is 4.01. The molecule has 1 aromatic carbocycles. The molecule has 0 atom stereocenters. The largest absolute Gasteiger partial charge is 0.337 e. The fraction of sp³-hybridized carbons (Fsp3) is 0. The van der Waals surface area contributed by atoms with Gasteiger partial charge in [0.2, 0.25) is 0 Å². The molecule has 2 rings (SSSR count). The molecule has 5 heteroatoms. The zero-order valence-electron chi connectivity index (χ0n) is 8.14. The van der Waals surface area contributed by atoms with Crippen LogP contribution in [0.2, 0.25) is 0 Å². The van der Waals surface area contributed by atoms with Gasteiger partial charge in [-0.05, 0) is 30.4 Å². The van der Waals surface area contributed by atoms with Crippen molar-refractivity contribution in [2.75, 3.05) is 0 Å². The number of nitrogens with one attached hydrogen (secondary N) is 1. The minimum absolute atomic E-state index is 0.350. The summed E-state index contributed by atoms with van der Waals surface area (Å²) in [7, 11) is 0. The number of hydrogen-bond acceptors (Lipinski definition) is 3. The maximum Gasteiger partial charge on any atom is 0.181 e. The van der Waals surface area contributed by atoms with E-state index in [0.717, 1.165) is 5.69 Å². The van der Waals surface area contributed by atoms with E-state index in [1.54, 1.807) is 35.2 Å². The Morgan fingerprint density at radius 2 is 1.94 bits per heavy atom. The molecule has 0 saturated heterocycles. The van der Waals surface area contributed by atoms with Gasteiger partial charge in [0.1, 0.15) is 12.1 Å². The molecule has 16 heavy (non-hydrogen) atoms. The van der Waals surface area contributed by atoms with Crippen LogP contribution in [0.1, 0.15) is 11.1 Å². The molecule has 1 aromatic heterocycles. The first-order valence-electron chi connectivity index (χ1n) is 4.47. The second-order valence-corrected chi connectivity index (χ2v) is 3.48. The van der Waals surface area contributed by atoms with E-state index in [1.807, 2.05) is 12.1 Å². The maximum atomic E-state index is 8.90. The molecule has 4 nitrogen and oxygen atoms in total. The highest BCUT2D eigenvalue weighted by atomic mass is 32.1. The first kappa shape index (κ1) is 10.2. The van der Waals surface area contributed by atoms with Crippen molar-refractivity contribution in [3.8, 4) is 17.8 Å². The number of aromatic amines is 1. The Morgan fingerprint density at radius 1 is 1.19 bits per heavy atom. The van der Waals surface area contributed by atoms with Gasteiger partial charge in [0.05, 0.1) is 11.1 Å². The summed E-state index contributed by atoms with van der Waals surface area (Å²) in [6.07, 6.45) is 3.48. The highest BCUT2D eigenvalue weighted by molar-refractivity contribution is 7.71. The van der Waals surface area contributed by atoms with Gasteiger partial charge in [-0.25, -0.2) is 0 Å². The van der Waals surface area contributed by atoms with Crippen molar-refractivity contribution in [3.05, 3.63) is 46.5 Å². The van der Waals surface area contributed by atoms with Crippen LogP contribution in [0, 0.1) is 27.4 Å². The van der Waals surface area contributed by atoms with Gasteiger partial charge in [-0.3, -0.25) is 4.57 Å². The molecular formula is C11H6N4S. The summed E-state index contributed by atoms with van der Waals surface area (Å²) in [5.74, 6) is 0. The molecule has 0 aliphatic carbocycles. The molecule has 1 N–H and O–H groups in total. The predicted octanol–water partition coefficient (Wildman–Crippen LogP) is 2.28. The van der Waals surface area contributed by atoms with Crippen LogP contribution in [-0.4, -0.2) is 9.55 Å². The van der Waals surface area contributed by atoms with Crippen molar-refractivity contribution in [1.82, 2.24) is 9.55 Å². The Morgan fingerprint density at radius 3 is 2.50 bits per heavy atom. The summed E-state index contributed by atoms with van der Waals surface area (Å²) in [5.41, 5.74) is 1.48. The fourth-order valence-corrected chi connectivity index (χ4v) is 1.63. The van der Waals surface area contributed by atoms with Crippen molar-refractivity contribution >= 4 is 12.2 Å². The average Bonchev–Trinajstić information content (AvgIpc) is 2.74. The van der Waals surface area contributed by atoms with E-state index < -0.39 is 0 Å². The van der Waals surface area contributed by atoms with Crippen molar-refractivity contribution in [2.24, 2.45) is 0 Å². The van der Waals surface area contributed by atoms with Crippen molar-refractivity contribution in [1.29, 1.82) is 10.5 Å². The molecule has 0 aliphatic rings. The number of hydrogen-bond donors (Lipinski definition) is 1. The van der Waals surface area contributed by atoms with Gasteiger partial charge in [-0.2, -0.15) is 10.5 Å². The van der Waals surface area contributed by atoms with Crippen molar-refractivity contribution < 1.29 is 0 Å². The normalized spacial score (nSPS) is 9.38. The lowest BCUT2D eigenvalue weighted by Crippen LogP contribution is -1.94. The molecule has 0 bridgehead atoms. The van der Waals surface area contributed by atoms with Crippen LogP contribution in [0.15, 0.2) is 30.6 Å². The number of benzene rings is 1. The fourth-order valence-electron chi connectivity index (χ4n) is 1.40. The summed E-state index contributed by atoms with van der Waals surface area (Å²) in [4.78, 5) is 2.86. The van der Waals surface area contributed by atoms with Crippen LogP contribution in [0.25, 0.3) is 5.69 Å². The lowest BCUT2D eigenvalue weighted by molar-refractivity contribution is 1.03. The van der Waals surface area contributed by atoms with Crippen LogP contribution < -0.4 is 0 Å². The second-order valence-electron chi connectivity index (χ2n) is 3.09. The number of aromatic nitrogens is 2. The van der Waals surface area contributed by atoms with E-state index in [0.29, 0.717) is 15.9 Å². The number of nitrogens with zero attached hydrogens (tertiary/aromatic N) is 3. The lowest BCUT2D eigenvalue weighted by atomic mass is 10.1. The van der Waals surface area contributed by atoms with Crippen LogP contribution in [0.3, 0.4) is 0 Å². The Kier molecular flexibility index (Phi) is 2.55. The summed E-state index contributed by atoms with van der Waals surface area (Å²) < 4.78 is 2.28. The first-order chi connectivity index (χ1) is 7.76. The minimum atomic E-state index is 0.350. The number of imidazole rings is 1. The van der Waals surface area contributed by atoms with Crippen molar-refractivity contribution in [2.45, 2.75) is 0 Å². The van der Waals surface area contributed by atoms with Crippen LogP contribution in [0.5, 0.6) is 0 Å². The quantitative estimate of drug-likeness (QED) is 0.758. The SMILES string of the molecule is N#Cc1ccc(-n2cc[nH]c2=S)cc1C#N. The third-order valence-electron chi connectivity index (χ3n) is 2.17. The molecule has 0 amide bonds. The molecule has 1 heterocycles. The van der Waals surface area contributed by atoms with Gasteiger partial charge in [0, 0.05) is 18.1 Å². The molecule has 2 aromatic rings. The van der Waals surface area contributed by atoms with Gasteiger partial charge in [0.15, 0.2) is 4.77 Å². The minimum Gasteiger partial charge on any atom is -0.337 e. The Hall–Kier alpha value is -2.37. The predicted molar refractivity (Wildman–Crippen MR) is 60.4 cm³/mol. The summed E-state index contributed by atoms with van der Waals surface area (Å²) >= 11 is 5.07. The third-order valence-corrected chi connectivity index (χ3v) is 2.49. The van der Waals surface area contributed by atoms with Gasteiger partial charge >= 0.3 is 0 Å². The van der Waals surface area contributed by atoms with Gasteiger partial charge in [-0.1, -0.05) is 0 Å². The molecule has 0 unspecified atom stereocenters. The molecule has 76 valence electrons. The molecule has 0 spiro atoms. The van der Waals surface area contributed by atoms with Crippen LogP contribution >= 0.6 is 12.2 Å². The molecular weight excluding hydrogens is 220 g/mol. The van der Waals surface area contributed by atoms with Gasteiger partial charge < -0.3 is 4.98 Å². The Bertz CT molecular complexity index is 666. The van der Waals surface area contributed by atoms with Gasteiger partial charge in [0.25, 0.3) is 0 Å². The topological polar surface area (TPSA) is 68.3 Å². The van der Waals surface area contributed by atoms with E-state index in [9.17, 15) is 0 Å². The standard InChI is InChI=1S/C11H6N4S/c12-6-8-1-2-10(5-9(8)7-13)15-4-3-14-11(15)16/h1-5H,(H,14,16). The highest BCUT2D eigenvalue weighted by Gasteiger charge is 2.04. The van der Waals surface area contributed by atoms with Crippen LogP contribution in [0.4, 0.5) is 0 Å². The smallest absolute Gasteiger partial charge is 0.181 e. The maximum absolute atomic E-state index is 8.90. The summed E-state index contributed by atoms with van der Waals surface area (Å²) in [6.45, 7) is 0. The molecule has 0 saturated carbocycles. The monoisotopic (exact) mass is 226 g/mol. The lowest BCUT2D eigenvalue weighted by Gasteiger charge is -2.03. The van der Waals surface area contributed by atoms with Crippen LogP contribution in [-0.2, 0) is 0 Å². The van der Waals surface area contributed by atoms with E-state index >= 15 is 0 Å². The first-order valence-corrected chi connectivity index (χ1v) is 4.88. The van der Waals surface area contributed by atoms with E-state index in [-0.39, 0.29) is 0 Å². The molecule has 0 fully saturated rings. The van der Waals surface area contributed by atoms with Crippen molar-refractivity contribution in [3.63, 3.8) is 0 Å². The van der Waals surface area contributed by atoms with E-state index in [1.165, 1.54) is 0 Å². The Balaban J connectivity index is 2.63.